The summed E-state index contributed by atoms with van der Waals surface area (Å²) in [5.74, 6) is -2.15. The normalized spacial score (nSPS) is 11.7. The van der Waals surface area contributed by atoms with Gasteiger partial charge in [-0.1, -0.05) is 24.3 Å². The van der Waals surface area contributed by atoms with Crippen molar-refractivity contribution < 1.29 is 29.3 Å². The summed E-state index contributed by atoms with van der Waals surface area (Å²) in [6.45, 7) is 2.82. The molecule has 1 amide bonds. The number of amides is 1. The van der Waals surface area contributed by atoms with Crippen LogP contribution in [0.1, 0.15) is 34.6 Å². The Balaban J connectivity index is 1.73. The number of benzene rings is 3. The number of rotatable bonds is 5. The van der Waals surface area contributed by atoms with Crippen molar-refractivity contribution >= 4 is 34.1 Å². The second kappa shape index (κ2) is 8.02. The molecular weight excluding hydrogens is 374 g/mol. The number of phenols is 2. The molecule has 3 aromatic rings. The number of hydrogen-bond acceptors (Lipinski definition) is 6. The van der Waals surface area contributed by atoms with E-state index in [0.717, 1.165) is 6.07 Å². The highest BCUT2D eigenvalue weighted by Crippen LogP contribution is 2.35. The third-order valence-electron chi connectivity index (χ3n) is 4.43. The van der Waals surface area contributed by atoms with Gasteiger partial charge in [0.1, 0.15) is 17.1 Å². The molecule has 0 heterocycles. The van der Waals surface area contributed by atoms with Crippen LogP contribution in [0.25, 0.3) is 10.8 Å². The third kappa shape index (κ3) is 4.19. The number of hydrogen-bond donors (Lipinski definition) is 3. The van der Waals surface area contributed by atoms with Gasteiger partial charge in [0.15, 0.2) is 11.9 Å². The molecule has 0 aromatic heterocycles. The molecule has 0 aliphatic carbocycles. The van der Waals surface area contributed by atoms with Gasteiger partial charge in [-0.05, 0) is 44.2 Å². The Morgan fingerprint density at radius 1 is 0.966 bits per heavy atom. The Bertz CT molecular complexity index is 1100. The van der Waals surface area contributed by atoms with Gasteiger partial charge in [-0.25, -0.2) is 4.79 Å². The molecule has 0 aliphatic rings. The quantitative estimate of drug-likeness (QED) is 0.347. The number of Topliss-reactive ketones (excluding diaryl/α,β-unsaturated/α-hetero) is 1. The molecule has 0 unspecified atom stereocenters. The van der Waals surface area contributed by atoms with E-state index in [2.05, 4.69) is 5.32 Å². The number of carbonyl (C=O) groups excluding carboxylic acids is 3. The highest BCUT2D eigenvalue weighted by molar-refractivity contribution is 6.05. The van der Waals surface area contributed by atoms with Crippen LogP contribution in [0, 0.1) is 0 Å². The van der Waals surface area contributed by atoms with Crippen LogP contribution in [0.4, 0.5) is 5.69 Å². The minimum Gasteiger partial charge on any atom is -0.507 e. The zero-order valence-corrected chi connectivity index (χ0v) is 15.8. The first-order chi connectivity index (χ1) is 13.8. The average Bonchev–Trinajstić information content (AvgIpc) is 2.71. The summed E-state index contributed by atoms with van der Waals surface area (Å²) >= 11 is 0. The van der Waals surface area contributed by atoms with Crippen LogP contribution < -0.4 is 5.32 Å². The molecule has 0 fully saturated rings. The van der Waals surface area contributed by atoms with Gasteiger partial charge in [-0.2, -0.15) is 0 Å². The molecule has 0 aliphatic heterocycles. The van der Waals surface area contributed by atoms with Gasteiger partial charge < -0.3 is 20.3 Å². The zero-order chi connectivity index (χ0) is 21.1. The predicted octanol–water partition coefficient (Wildman–Crippen LogP) is 3.64. The van der Waals surface area contributed by atoms with Gasteiger partial charge in [0.2, 0.25) is 0 Å². The topological polar surface area (TPSA) is 113 Å². The summed E-state index contributed by atoms with van der Waals surface area (Å²) < 4.78 is 5.14. The molecule has 3 rings (SSSR count). The number of anilines is 1. The summed E-state index contributed by atoms with van der Waals surface area (Å²) in [6, 6.07) is 13.9. The lowest BCUT2D eigenvalue weighted by Gasteiger charge is -2.15. The van der Waals surface area contributed by atoms with Gasteiger partial charge in [0.05, 0.1) is 0 Å². The van der Waals surface area contributed by atoms with E-state index in [0.29, 0.717) is 22.0 Å². The highest BCUT2D eigenvalue weighted by Gasteiger charge is 2.23. The van der Waals surface area contributed by atoms with E-state index in [1.54, 1.807) is 48.5 Å². The Labute approximate surface area is 166 Å². The number of ketones is 1. The van der Waals surface area contributed by atoms with Crippen LogP contribution in [0.5, 0.6) is 11.5 Å². The van der Waals surface area contributed by atoms with Crippen molar-refractivity contribution in [2.45, 2.75) is 20.0 Å². The van der Waals surface area contributed by atoms with Crippen LogP contribution in [-0.2, 0) is 9.53 Å². The fraction of sp³-hybridized carbons (Fsp3) is 0.136. The third-order valence-corrected chi connectivity index (χ3v) is 4.43. The van der Waals surface area contributed by atoms with E-state index >= 15 is 0 Å². The SMILES string of the molecule is CC(=O)c1ccc(NC(=O)[C@@H](C)OC(=O)c2cc(O)c3ccccc3c2O)cc1. The number of esters is 1. The van der Waals surface area contributed by atoms with E-state index in [9.17, 15) is 24.6 Å². The number of ether oxygens (including phenoxy) is 1. The van der Waals surface area contributed by atoms with Crippen LogP contribution >= 0.6 is 0 Å². The number of aromatic hydroxyl groups is 2. The second-order valence-corrected chi connectivity index (χ2v) is 6.51. The molecule has 1 atom stereocenters. The van der Waals surface area contributed by atoms with E-state index in [1.807, 2.05) is 0 Å². The molecule has 7 heteroatoms. The number of nitrogens with one attached hydrogen (secondary N) is 1. The first-order valence-corrected chi connectivity index (χ1v) is 8.84. The molecule has 3 N–H and O–H groups in total. The smallest absolute Gasteiger partial charge is 0.342 e. The van der Waals surface area contributed by atoms with Crippen molar-refractivity contribution in [1.82, 2.24) is 0 Å². The number of phenolic OH excluding ortho intramolecular Hbond substituents is 2. The average molecular weight is 393 g/mol. The van der Waals surface area contributed by atoms with Crippen molar-refractivity contribution in [3.05, 3.63) is 65.7 Å². The first kappa shape index (κ1) is 19.9. The van der Waals surface area contributed by atoms with Crippen molar-refractivity contribution in [3.8, 4) is 11.5 Å². The Hall–Kier alpha value is -3.87. The van der Waals surface area contributed by atoms with Gasteiger partial charge in [-0.3, -0.25) is 9.59 Å². The molecule has 0 bridgehead atoms. The number of fused-ring (bicyclic) bond motifs is 1. The fourth-order valence-electron chi connectivity index (χ4n) is 2.81. The molecule has 0 radical (unpaired) electrons. The molecule has 3 aromatic carbocycles. The summed E-state index contributed by atoms with van der Waals surface area (Å²) in [5.41, 5.74) is 0.704. The van der Waals surface area contributed by atoms with Crippen LogP contribution in [0.2, 0.25) is 0 Å². The summed E-state index contributed by atoms with van der Waals surface area (Å²) in [5, 5.41) is 23.7. The Morgan fingerprint density at radius 2 is 1.59 bits per heavy atom. The first-order valence-electron chi connectivity index (χ1n) is 8.84. The summed E-state index contributed by atoms with van der Waals surface area (Å²) in [4.78, 5) is 36.0. The Morgan fingerprint density at radius 3 is 2.21 bits per heavy atom. The monoisotopic (exact) mass is 393 g/mol. The van der Waals surface area contributed by atoms with Crippen molar-refractivity contribution in [2.75, 3.05) is 5.32 Å². The summed E-state index contributed by atoms with van der Waals surface area (Å²) in [6.07, 6.45) is -1.16. The second-order valence-electron chi connectivity index (χ2n) is 6.51. The van der Waals surface area contributed by atoms with Crippen molar-refractivity contribution in [2.24, 2.45) is 0 Å². The van der Waals surface area contributed by atoms with Gasteiger partial charge in [0.25, 0.3) is 5.91 Å². The molecule has 0 saturated heterocycles. The molecule has 29 heavy (non-hydrogen) atoms. The lowest BCUT2D eigenvalue weighted by molar-refractivity contribution is -0.123. The largest absolute Gasteiger partial charge is 0.507 e. The van der Waals surface area contributed by atoms with E-state index < -0.39 is 18.0 Å². The minimum atomic E-state index is -1.16. The lowest BCUT2D eigenvalue weighted by Crippen LogP contribution is -2.30. The van der Waals surface area contributed by atoms with Crippen molar-refractivity contribution in [3.63, 3.8) is 0 Å². The van der Waals surface area contributed by atoms with Crippen molar-refractivity contribution in [1.29, 1.82) is 0 Å². The van der Waals surface area contributed by atoms with Gasteiger partial charge >= 0.3 is 5.97 Å². The van der Waals surface area contributed by atoms with Crippen LogP contribution in [0.3, 0.4) is 0 Å². The van der Waals surface area contributed by atoms with E-state index in [1.165, 1.54) is 13.8 Å². The van der Waals surface area contributed by atoms with Crippen LogP contribution in [0.15, 0.2) is 54.6 Å². The Kier molecular flexibility index (Phi) is 5.50. The molecule has 148 valence electrons. The van der Waals surface area contributed by atoms with Crippen LogP contribution in [-0.4, -0.2) is 34.0 Å². The maximum Gasteiger partial charge on any atom is 0.342 e. The predicted molar refractivity (Wildman–Crippen MR) is 107 cm³/mol. The molecule has 0 saturated carbocycles. The maximum absolute atomic E-state index is 12.4. The highest BCUT2D eigenvalue weighted by atomic mass is 16.5. The molecule has 7 nitrogen and oxygen atoms in total. The zero-order valence-electron chi connectivity index (χ0n) is 15.8. The summed E-state index contributed by atoms with van der Waals surface area (Å²) in [7, 11) is 0. The number of carbonyl (C=O) groups is 3. The minimum absolute atomic E-state index is 0.0939. The molecular formula is C22H19NO6. The standard InChI is InChI=1S/C22H19NO6/c1-12(24)14-7-9-15(10-8-14)23-21(27)13(2)29-22(28)18-11-19(25)16-5-3-4-6-17(16)20(18)26/h3-11,13,25-26H,1-2H3,(H,23,27)/t13-/m1/s1. The van der Waals surface area contributed by atoms with E-state index in [4.69, 9.17) is 4.74 Å². The fourth-order valence-corrected chi connectivity index (χ4v) is 2.81. The maximum atomic E-state index is 12.4. The lowest BCUT2D eigenvalue weighted by atomic mass is 10.0. The van der Waals surface area contributed by atoms with Gasteiger partial charge in [-0.15, -0.1) is 0 Å². The molecule has 0 spiro atoms. The van der Waals surface area contributed by atoms with Gasteiger partial charge in [0, 0.05) is 22.0 Å². The van der Waals surface area contributed by atoms with E-state index in [-0.39, 0.29) is 22.8 Å².